The van der Waals surface area contributed by atoms with E-state index in [0.29, 0.717) is 33.5 Å². The molecule has 0 bridgehead atoms. The van der Waals surface area contributed by atoms with E-state index in [1.165, 1.54) is 29.8 Å². The van der Waals surface area contributed by atoms with E-state index in [2.05, 4.69) is 36.1 Å². The number of fused-ring (bicyclic) bond motifs is 1. The van der Waals surface area contributed by atoms with Crippen LogP contribution >= 0.6 is 11.3 Å². The molecule has 2 aromatic heterocycles. The Morgan fingerprint density at radius 1 is 0.947 bits per heavy atom. The summed E-state index contributed by atoms with van der Waals surface area (Å²) in [6.07, 6.45) is -3.19. The van der Waals surface area contributed by atoms with Crippen LogP contribution in [0.4, 0.5) is 35.6 Å². The van der Waals surface area contributed by atoms with Crippen LogP contribution in [0.3, 0.4) is 0 Å². The standard InChI is InChI=1S/C25H18F3N7O2S/c1-13-5-7-17(31-21(36)14-3-2-4-16(9-14)25(26,27)28)11-19(13)32-22(37)15-6-8-18-20(10-15)38-24(33-18)34-23-29-12-30-35-23/h2-12H,1H3,(H,31,36)(H,32,37)(H2,29,30,33,34,35). The predicted octanol–water partition coefficient (Wildman–Crippen LogP) is 5.99. The fraction of sp³-hybridized carbons (Fsp3) is 0.0800. The topological polar surface area (TPSA) is 125 Å². The summed E-state index contributed by atoms with van der Waals surface area (Å²) in [5.74, 6) is -0.644. The third-order valence-corrected chi connectivity index (χ3v) is 6.42. The number of nitrogens with one attached hydrogen (secondary N) is 4. The van der Waals surface area contributed by atoms with Crippen LogP contribution in [0.25, 0.3) is 10.2 Å². The van der Waals surface area contributed by atoms with E-state index in [0.717, 1.165) is 22.4 Å². The van der Waals surface area contributed by atoms with Crippen molar-refractivity contribution in [3.8, 4) is 0 Å². The molecule has 0 aliphatic rings. The Morgan fingerprint density at radius 3 is 2.50 bits per heavy atom. The summed E-state index contributed by atoms with van der Waals surface area (Å²) in [6.45, 7) is 1.78. The first-order chi connectivity index (χ1) is 18.2. The molecule has 0 aliphatic heterocycles. The van der Waals surface area contributed by atoms with Crippen molar-refractivity contribution in [1.29, 1.82) is 0 Å². The third kappa shape index (κ3) is 5.47. The normalized spacial score (nSPS) is 11.4. The van der Waals surface area contributed by atoms with Gasteiger partial charge in [-0.3, -0.25) is 9.59 Å². The summed E-state index contributed by atoms with van der Waals surface area (Å²) >= 11 is 1.34. The number of aryl methyl sites for hydroxylation is 1. The number of rotatable bonds is 6. The van der Waals surface area contributed by atoms with E-state index in [1.807, 2.05) is 0 Å². The van der Waals surface area contributed by atoms with Crippen molar-refractivity contribution in [2.24, 2.45) is 0 Å². The van der Waals surface area contributed by atoms with Gasteiger partial charge in [-0.05, 0) is 61.0 Å². The Balaban J connectivity index is 1.31. The van der Waals surface area contributed by atoms with Gasteiger partial charge in [-0.15, -0.1) is 0 Å². The van der Waals surface area contributed by atoms with Gasteiger partial charge in [-0.1, -0.05) is 23.5 Å². The lowest BCUT2D eigenvalue weighted by atomic mass is 10.1. The minimum absolute atomic E-state index is 0.138. The van der Waals surface area contributed by atoms with E-state index in [4.69, 9.17) is 0 Å². The van der Waals surface area contributed by atoms with Crippen LogP contribution in [0.15, 0.2) is 67.0 Å². The summed E-state index contributed by atoms with van der Waals surface area (Å²) in [5.41, 5.74) is 1.52. The quantitative estimate of drug-likeness (QED) is 0.211. The number of alkyl halides is 3. The molecule has 0 unspecified atom stereocenters. The Kier molecular flexibility index (Phi) is 6.51. The maximum absolute atomic E-state index is 13.0. The number of halogens is 3. The van der Waals surface area contributed by atoms with Gasteiger partial charge in [-0.2, -0.15) is 23.3 Å². The number of anilines is 4. The van der Waals surface area contributed by atoms with Gasteiger partial charge in [-0.25, -0.2) is 10.1 Å². The number of benzene rings is 3. The van der Waals surface area contributed by atoms with Gasteiger partial charge in [0.2, 0.25) is 5.95 Å². The Bertz CT molecular complexity index is 1650. The molecule has 0 spiro atoms. The molecular weight excluding hydrogens is 519 g/mol. The molecule has 13 heteroatoms. The molecule has 0 radical (unpaired) electrons. The number of aromatic amines is 1. The van der Waals surface area contributed by atoms with Crippen LogP contribution in [0.2, 0.25) is 0 Å². The van der Waals surface area contributed by atoms with E-state index >= 15 is 0 Å². The molecule has 2 heterocycles. The summed E-state index contributed by atoms with van der Waals surface area (Å²) in [7, 11) is 0. The summed E-state index contributed by atoms with van der Waals surface area (Å²) < 4.78 is 39.8. The van der Waals surface area contributed by atoms with Crippen LogP contribution in [0.5, 0.6) is 0 Å². The second-order valence-corrected chi connectivity index (χ2v) is 9.21. The van der Waals surface area contributed by atoms with Gasteiger partial charge < -0.3 is 16.0 Å². The van der Waals surface area contributed by atoms with Gasteiger partial charge in [0, 0.05) is 22.5 Å². The predicted molar refractivity (Wildman–Crippen MR) is 138 cm³/mol. The van der Waals surface area contributed by atoms with Gasteiger partial charge in [0.05, 0.1) is 15.8 Å². The fourth-order valence-corrected chi connectivity index (χ4v) is 4.46. The molecule has 0 atom stereocenters. The van der Waals surface area contributed by atoms with Crippen LogP contribution in [-0.2, 0) is 6.18 Å². The Hall–Kier alpha value is -4.78. The van der Waals surface area contributed by atoms with Crippen LogP contribution in [0, 0.1) is 6.92 Å². The van der Waals surface area contributed by atoms with Crippen molar-refractivity contribution >= 4 is 55.8 Å². The largest absolute Gasteiger partial charge is 0.416 e. The average molecular weight is 538 g/mol. The first-order valence-corrected chi connectivity index (χ1v) is 11.9. The minimum atomic E-state index is -4.56. The van der Waals surface area contributed by atoms with Crippen molar-refractivity contribution in [2.75, 3.05) is 16.0 Å². The number of thiazole rings is 1. The molecule has 0 fully saturated rings. The summed E-state index contributed by atoms with van der Waals surface area (Å²) in [4.78, 5) is 34.0. The minimum Gasteiger partial charge on any atom is -0.322 e. The number of H-pyrrole nitrogens is 1. The van der Waals surface area contributed by atoms with E-state index < -0.39 is 17.6 Å². The number of hydrogen-bond acceptors (Lipinski definition) is 7. The lowest BCUT2D eigenvalue weighted by Crippen LogP contribution is -2.15. The SMILES string of the molecule is Cc1ccc(NC(=O)c2cccc(C(F)(F)F)c2)cc1NC(=O)c1ccc2nc(Nc3ncn[nH]3)sc2c1. The van der Waals surface area contributed by atoms with Gasteiger partial charge >= 0.3 is 6.18 Å². The van der Waals surface area contributed by atoms with Crippen LogP contribution < -0.4 is 16.0 Å². The smallest absolute Gasteiger partial charge is 0.322 e. The zero-order chi connectivity index (χ0) is 26.9. The molecule has 3 aromatic carbocycles. The highest BCUT2D eigenvalue weighted by Gasteiger charge is 2.30. The lowest BCUT2D eigenvalue weighted by molar-refractivity contribution is -0.137. The number of carbonyl (C=O) groups excluding carboxylic acids is 2. The molecule has 5 rings (SSSR count). The number of aromatic nitrogens is 4. The Labute approximate surface area is 217 Å². The first-order valence-electron chi connectivity index (χ1n) is 11.1. The van der Waals surface area contributed by atoms with Crippen LogP contribution in [-0.4, -0.2) is 32.0 Å². The molecule has 0 aliphatic carbocycles. The molecule has 5 aromatic rings. The average Bonchev–Trinajstić information content (AvgIpc) is 3.54. The molecule has 0 saturated heterocycles. The highest BCUT2D eigenvalue weighted by Crippen LogP contribution is 2.31. The summed E-state index contributed by atoms with van der Waals surface area (Å²) in [6, 6.07) is 14.1. The molecule has 4 N–H and O–H groups in total. The van der Waals surface area contributed by atoms with E-state index in [-0.39, 0.29) is 11.5 Å². The van der Waals surface area contributed by atoms with Crippen molar-refractivity contribution in [3.63, 3.8) is 0 Å². The molecular formula is C25H18F3N7O2S. The van der Waals surface area contributed by atoms with Gasteiger partial charge in [0.25, 0.3) is 11.8 Å². The molecule has 9 nitrogen and oxygen atoms in total. The maximum Gasteiger partial charge on any atom is 0.416 e. The highest BCUT2D eigenvalue weighted by atomic mass is 32.1. The number of amides is 2. The van der Waals surface area contributed by atoms with Crippen molar-refractivity contribution < 1.29 is 22.8 Å². The number of carbonyl (C=O) groups is 2. The highest BCUT2D eigenvalue weighted by molar-refractivity contribution is 7.22. The first kappa shape index (κ1) is 24.9. The zero-order valence-electron chi connectivity index (χ0n) is 19.6. The van der Waals surface area contributed by atoms with E-state index in [1.54, 1.807) is 43.3 Å². The lowest BCUT2D eigenvalue weighted by Gasteiger charge is -2.13. The Morgan fingerprint density at radius 2 is 1.74 bits per heavy atom. The second-order valence-electron chi connectivity index (χ2n) is 8.18. The molecule has 38 heavy (non-hydrogen) atoms. The summed E-state index contributed by atoms with van der Waals surface area (Å²) in [5, 5.41) is 15.4. The van der Waals surface area contributed by atoms with Crippen LogP contribution in [0.1, 0.15) is 31.8 Å². The van der Waals surface area contributed by atoms with E-state index in [9.17, 15) is 22.8 Å². The van der Waals surface area contributed by atoms with Crippen molar-refractivity contribution in [3.05, 3.63) is 89.2 Å². The second kappa shape index (κ2) is 9.94. The number of nitrogens with zero attached hydrogens (tertiary/aromatic N) is 3. The molecule has 0 saturated carbocycles. The van der Waals surface area contributed by atoms with Crippen molar-refractivity contribution in [1.82, 2.24) is 20.2 Å². The monoisotopic (exact) mass is 537 g/mol. The zero-order valence-corrected chi connectivity index (χ0v) is 20.4. The molecule has 192 valence electrons. The van der Waals surface area contributed by atoms with Crippen molar-refractivity contribution in [2.45, 2.75) is 13.1 Å². The number of hydrogen-bond donors (Lipinski definition) is 4. The molecule has 2 amide bonds. The van der Waals surface area contributed by atoms with Gasteiger partial charge in [0.15, 0.2) is 5.13 Å². The van der Waals surface area contributed by atoms with Gasteiger partial charge in [0.1, 0.15) is 6.33 Å². The maximum atomic E-state index is 13.0. The fourth-order valence-electron chi connectivity index (χ4n) is 3.56. The third-order valence-electron chi connectivity index (χ3n) is 5.49.